The van der Waals surface area contributed by atoms with Gasteiger partial charge in [0.25, 0.3) is 5.56 Å². The van der Waals surface area contributed by atoms with Gasteiger partial charge in [0.1, 0.15) is 11.6 Å². The van der Waals surface area contributed by atoms with E-state index in [0.717, 1.165) is 24.3 Å². The van der Waals surface area contributed by atoms with Gasteiger partial charge in [-0.15, -0.1) is 0 Å². The van der Waals surface area contributed by atoms with Gasteiger partial charge in [0, 0.05) is 18.3 Å². The Labute approximate surface area is 126 Å². The van der Waals surface area contributed by atoms with Crippen LogP contribution in [0, 0.1) is 11.6 Å². The lowest BCUT2D eigenvalue weighted by atomic mass is 10.2. The summed E-state index contributed by atoms with van der Waals surface area (Å²) in [6.45, 7) is 3.42. The lowest BCUT2D eigenvalue weighted by Crippen LogP contribution is -2.22. The molecule has 1 aromatic carbocycles. The number of rotatable bonds is 4. The molecule has 0 spiro atoms. The van der Waals surface area contributed by atoms with Crippen LogP contribution in [0.25, 0.3) is 0 Å². The molecule has 0 saturated heterocycles. The number of aromatic nitrogens is 1. The van der Waals surface area contributed by atoms with Crippen LogP contribution in [0.5, 0.6) is 0 Å². The van der Waals surface area contributed by atoms with Crippen molar-refractivity contribution in [1.29, 1.82) is 0 Å². The zero-order valence-electron chi connectivity index (χ0n) is 12.2. The minimum Gasteiger partial charge on any atom is -0.459 e. The Kier molecular flexibility index (Phi) is 4.70. The highest BCUT2D eigenvalue weighted by molar-refractivity contribution is 5.89. The number of ether oxygens (including phenoxy) is 1. The fourth-order valence-electron chi connectivity index (χ4n) is 1.95. The first-order valence-electron chi connectivity index (χ1n) is 6.71. The summed E-state index contributed by atoms with van der Waals surface area (Å²) in [5, 5.41) is 0. The summed E-state index contributed by atoms with van der Waals surface area (Å²) in [4.78, 5) is 23.7. The molecule has 2 rings (SSSR count). The van der Waals surface area contributed by atoms with E-state index in [9.17, 15) is 18.4 Å². The molecule has 0 amide bonds. The molecule has 0 saturated carbocycles. The Bertz CT molecular complexity index is 733. The number of nitrogens with zero attached hydrogens (tertiary/aromatic N) is 1. The average molecular weight is 307 g/mol. The average Bonchev–Trinajstić information content (AvgIpc) is 2.39. The predicted molar refractivity (Wildman–Crippen MR) is 76.7 cm³/mol. The highest BCUT2D eigenvalue weighted by Gasteiger charge is 2.11. The smallest absolute Gasteiger partial charge is 0.338 e. The van der Waals surface area contributed by atoms with Gasteiger partial charge in [-0.2, -0.15) is 0 Å². The standard InChI is InChI=1S/C16H15F2NO3/c1-10(2)22-16(21)12-3-4-19(15(20)7-12)9-11-5-13(17)8-14(18)6-11/h3-8,10H,9H2,1-2H3. The summed E-state index contributed by atoms with van der Waals surface area (Å²) >= 11 is 0. The molecule has 6 heteroatoms. The molecule has 0 radical (unpaired) electrons. The highest BCUT2D eigenvalue weighted by atomic mass is 19.1. The Morgan fingerprint density at radius 2 is 1.82 bits per heavy atom. The lowest BCUT2D eigenvalue weighted by Gasteiger charge is -2.09. The van der Waals surface area contributed by atoms with Gasteiger partial charge < -0.3 is 9.30 Å². The van der Waals surface area contributed by atoms with Crippen LogP contribution in [0.3, 0.4) is 0 Å². The SMILES string of the molecule is CC(C)OC(=O)c1ccn(Cc2cc(F)cc(F)c2)c(=O)c1. The molecule has 0 N–H and O–H groups in total. The second kappa shape index (κ2) is 6.51. The van der Waals surface area contributed by atoms with Gasteiger partial charge in [-0.25, -0.2) is 13.6 Å². The van der Waals surface area contributed by atoms with Crippen LogP contribution in [0.4, 0.5) is 8.78 Å². The number of hydrogen-bond acceptors (Lipinski definition) is 3. The van der Waals surface area contributed by atoms with Crippen LogP contribution in [0.1, 0.15) is 29.8 Å². The minimum absolute atomic E-state index is 0.00697. The van der Waals surface area contributed by atoms with Crippen LogP contribution >= 0.6 is 0 Å². The third-order valence-corrected chi connectivity index (χ3v) is 2.85. The third-order valence-electron chi connectivity index (χ3n) is 2.85. The summed E-state index contributed by atoms with van der Waals surface area (Å²) in [5.74, 6) is -2.00. The van der Waals surface area contributed by atoms with E-state index < -0.39 is 23.2 Å². The van der Waals surface area contributed by atoms with Crippen molar-refractivity contribution >= 4 is 5.97 Å². The van der Waals surface area contributed by atoms with Crippen molar-refractivity contribution in [2.45, 2.75) is 26.5 Å². The molecule has 0 aliphatic rings. The number of carbonyl (C=O) groups excluding carboxylic acids is 1. The Morgan fingerprint density at radius 1 is 1.18 bits per heavy atom. The Balaban J connectivity index is 2.23. The molecule has 0 atom stereocenters. The van der Waals surface area contributed by atoms with Crippen molar-refractivity contribution in [1.82, 2.24) is 4.57 Å². The second-order valence-corrected chi connectivity index (χ2v) is 5.11. The highest BCUT2D eigenvalue weighted by Crippen LogP contribution is 2.09. The minimum atomic E-state index is -0.708. The molecule has 0 aliphatic carbocycles. The number of carbonyl (C=O) groups is 1. The van der Waals surface area contributed by atoms with Gasteiger partial charge in [-0.05, 0) is 37.6 Å². The van der Waals surface area contributed by atoms with E-state index >= 15 is 0 Å². The van der Waals surface area contributed by atoms with Crippen molar-refractivity contribution in [2.24, 2.45) is 0 Å². The molecule has 2 aromatic rings. The first-order chi connectivity index (χ1) is 10.3. The monoisotopic (exact) mass is 307 g/mol. The summed E-state index contributed by atoms with van der Waals surface area (Å²) in [5.41, 5.74) is 0.000329. The molecular formula is C16H15F2NO3. The topological polar surface area (TPSA) is 48.3 Å². The normalized spacial score (nSPS) is 10.8. The maximum Gasteiger partial charge on any atom is 0.338 e. The van der Waals surface area contributed by atoms with Crippen molar-refractivity contribution in [3.63, 3.8) is 0 Å². The third kappa shape index (κ3) is 4.00. The van der Waals surface area contributed by atoms with Crippen LogP contribution < -0.4 is 5.56 Å². The van der Waals surface area contributed by atoms with Crippen molar-refractivity contribution in [3.05, 3.63) is 69.6 Å². The maximum absolute atomic E-state index is 13.1. The second-order valence-electron chi connectivity index (χ2n) is 5.11. The number of benzene rings is 1. The van der Waals surface area contributed by atoms with Gasteiger partial charge in [-0.3, -0.25) is 4.79 Å². The summed E-state index contributed by atoms with van der Waals surface area (Å²) in [7, 11) is 0. The first kappa shape index (κ1) is 15.9. The van der Waals surface area contributed by atoms with Gasteiger partial charge in [0.2, 0.25) is 0 Å². The first-order valence-corrected chi connectivity index (χ1v) is 6.71. The van der Waals surface area contributed by atoms with Crippen LogP contribution in [-0.4, -0.2) is 16.6 Å². The molecule has 116 valence electrons. The van der Waals surface area contributed by atoms with E-state index in [1.165, 1.54) is 16.8 Å². The number of pyridine rings is 1. The molecule has 1 heterocycles. The van der Waals surface area contributed by atoms with E-state index in [1.54, 1.807) is 13.8 Å². The zero-order valence-corrected chi connectivity index (χ0v) is 12.2. The molecule has 0 fully saturated rings. The van der Waals surface area contributed by atoms with E-state index in [-0.39, 0.29) is 18.2 Å². The largest absolute Gasteiger partial charge is 0.459 e. The van der Waals surface area contributed by atoms with Gasteiger partial charge in [0.15, 0.2) is 0 Å². The fraction of sp³-hybridized carbons (Fsp3) is 0.250. The fourth-order valence-corrected chi connectivity index (χ4v) is 1.95. The van der Waals surface area contributed by atoms with Crippen LogP contribution in [-0.2, 0) is 11.3 Å². The van der Waals surface area contributed by atoms with Crippen LogP contribution in [0.15, 0.2) is 41.3 Å². The molecule has 4 nitrogen and oxygen atoms in total. The van der Waals surface area contributed by atoms with Crippen LogP contribution in [0.2, 0.25) is 0 Å². The van der Waals surface area contributed by atoms with E-state index in [0.29, 0.717) is 5.56 Å². The van der Waals surface area contributed by atoms with Crippen molar-refractivity contribution in [2.75, 3.05) is 0 Å². The Hall–Kier alpha value is -2.50. The van der Waals surface area contributed by atoms with Gasteiger partial charge in [-0.1, -0.05) is 0 Å². The molecule has 1 aromatic heterocycles. The molecule has 0 bridgehead atoms. The van der Waals surface area contributed by atoms with E-state index in [2.05, 4.69) is 0 Å². The molecule has 0 aliphatic heterocycles. The quantitative estimate of drug-likeness (QED) is 0.816. The van der Waals surface area contributed by atoms with Crippen molar-refractivity contribution < 1.29 is 18.3 Å². The molecule has 22 heavy (non-hydrogen) atoms. The summed E-state index contributed by atoms with van der Waals surface area (Å²) in [6.07, 6.45) is 1.10. The molecule has 0 unspecified atom stereocenters. The van der Waals surface area contributed by atoms with Crippen molar-refractivity contribution in [3.8, 4) is 0 Å². The lowest BCUT2D eigenvalue weighted by molar-refractivity contribution is 0.0377. The summed E-state index contributed by atoms with van der Waals surface area (Å²) in [6, 6.07) is 5.63. The summed E-state index contributed by atoms with van der Waals surface area (Å²) < 4.78 is 32.5. The number of hydrogen-bond donors (Lipinski definition) is 0. The maximum atomic E-state index is 13.1. The number of esters is 1. The zero-order chi connectivity index (χ0) is 16.3. The van der Waals surface area contributed by atoms with E-state index in [1.807, 2.05) is 0 Å². The Morgan fingerprint density at radius 3 is 2.36 bits per heavy atom. The predicted octanol–water partition coefficient (Wildman–Crippen LogP) is 2.74. The molecular weight excluding hydrogens is 292 g/mol. The number of halogens is 2. The van der Waals surface area contributed by atoms with Gasteiger partial charge >= 0.3 is 5.97 Å². The van der Waals surface area contributed by atoms with E-state index in [4.69, 9.17) is 4.74 Å². The van der Waals surface area contributed by atoms with Gasteiger partial charge in [0.05, 0.1) is 18.2 Å².